The Hall–Kier alpha value is -3.57. The molecule has 2 aromatic carbocycles. The van der Waals surface area contributed by atoms with E-state index in [0.29, 0.717) is 17.7 Å². The lowest BCUT2D eigenvalue weighted by Crippen LogP contribution is -1.90. The Morgan fingerprint density at radius 1 is 1.09 bits per heavy atom. The van der Waals surface area contributed by atoms with Gasteiger partial charge in [-0.05, 0) is 36.4 Å². The van der Waals surface area contributed by atoms with Crippen LogP contribution in [-0.2, 0) is 6.42 Å². The first-order chi connectivity index (χ1) is 11.2. The number of H-pyrrole nitrogens is 2. The summed E-state index contributed by atoms with van der Waals surface area (Å²) >= 11 is 0. The van der Waals surface area contributed by atoms with E-state index in [2.05, 4.69) is 25.9 Å². The van der Waals surface area contributed by atoms with Gasteiger partial charge < -0.3 is 9.97 Å². The molecule has 4 aromatic rings. The van der Waals surface area contributed by atoms with Gasteiger partial charge in [-0.25, -0.2) is 9.83 Å². The number of benzene rings is 2. The van der Waals surface area contributed by atoms with Gasteiger partial charge in [-0.15, -0.1) is 0 Å². The summed E-state index contributed by atoms with van der Waals surface area (Å²) in [6, 6.07) is 15.2. The van der Waals surface area contributed by atoms with Gasteiger partial charge in [0.05, 0.1) is 29.2 Å². The van der Waals surface area contributed by atoms with Crippen molar-refractivity contribution < 1.29 is 0 Å². The van der Waals surface area contributed by atoms with Crippen molar-refractivity contribution >= 4 is 27.6 Å². The number of rotatable bonds is 2. The lowest BCUT2D eigenvalue weighted by molar-refractivity contribution is 1.01. The van der Waals surface area contributed by atoms with E-state index < -0.39 is 0 Å². The molecule has 0 amide bonds. The Balaban J connectivity index is 1.70. The molecule has 0 spiro atoms. The third kappa shape index (κ3) is 2.31. The monoisotopic (exact) mass is 297 g/mol. The van der Waals surface area contributed by atoms with Crippen molar-refractivity contribution in [2.24, 2.45) is 0 Å². The lowest BCUT2D eigenvalue weighted by Gasteiger charge is -1.92. The molecule has 0 radical (unpaired) electrons. The number of nitrogens with one attached hydrogen (secondary N) is 2. The van der Waals surface area contributed by atoms with Crippen molar-refractivity contribution in [3.05, 3.63) is 71.0 Å². The Labute approximate surface area is 132 Å². The molecule has 108 valence electrons. The molecule has 0 aliphatic carbocycles. The second-order valence-electron chi connectivity index (χ2n) is 5.38. The summed E-state index contributed by atoms with van der Waals surface area (Å²) in [5.74, 6) is 0.842. The number of imidazole rings is 1. The predicted octanol–water partition coefficient (Wildman–Crippen LogP) is 4.06. The van der Waals surface area contributed by atoms with Gasteiger partial charge in [0.15, 0.2) is 5.69 Å². The van der Waals surface area contributed by atoms with Crippen molar-refractivity contribution in [3.63, 3.8) is 0 Å². The highest BCUT2D eigenvalue weighted by Gasteiger charge is 2.07. The highest BCUT2D eigenvalue weighted by Crippen LogP contribution is 2.22. The van der Waals surface area contributed by atoms with E-state index in [9.17, 15) is 0 Å². The maximum absolute atomic E-state index is 8.97. The van der Waals surface area contributed by atoms with Crippen LogP contribution in [0.2, 0.25) is 0 Å². The molecule has 2 heterocycles. The lowest BCUT2D eigenvalue weighted by atomic mass is 10.2. The molecule has 0 saturated carbocycles. The zero-order valence-electron chi connectivity index (χ0n) is 12.1. The molecule has 0 aliphatic heterocycles. The number of aromatic amines is 2. The molecule has 0 bridgehead atoms. The van der Waals surface area contributed by atoms with Crippen LogP contribution in [0, 0.1) is 17.9 Å². The van der Waals surface area contributed by atoms with Crippen LogP contribution < -0.4 is 0 Å². The van der Waals surface area contributed by atoms with E-state index in [1.54, 1.807) is 12.1 Å². The highest BCUT2D eigenvalue weighted by atomic mass is 14.9. The minimum absolute atomic E-state index is 0.599. The highest BCUT2D eigenvalue weighted by molar-refractivity contribution is 5.82. The minimum atomic E-state index is 0.599. The quantitative estimate of drug-likeness (QED) is 0.548. The fourth-order valence-electron chi connectivity index (χ4n) is 2.74. The summed E-state index contributed by atoms with van der Waals surface area (Å²) in [6.07, 6.45) is 0.637. The molecule has 0 atom stereocenters. The van der Waals surface area contributed by atoms with Crippen molar-refractivity contribution in [1.82, 2.24) is 15.0 Å². The van der Waals surface area contributed by atoms with Gasteiger partial charge in [-0.3, -0.25) is 0 Å². The molecule has 2 N–H and O–H groups in total. The molecule has 5 heteroatoms. The Kier molecular flexibility index (Phi) is 2.86. The zero-order valence-corrected chi connectivity index (χ0v) is 12.1. The van der Waals surface area contributed by atoms with Crippen molar-refractivity contribution in [1.29, 1.82) is 5.26 Å². The first kappa shape index (κ1) is 13.1. The molecular weight excluding hydrogens is 286 g/mol. The first-order valence-corrected chi connectivity index (χ1v) is 7.13. The molecule has 0 fully saturated rings. The fraction of sp³-hybridized carbons (Fsp3) is 0.0556. The maximum atomic E-state index is 8.97. The molecular formula is C18H11N5. The Bertz CT molecular complexity index is 1030. The van der Waals surface area contributed by atoms with E-state index in [1.807, 2.05) is 30.3 Å². The Morgan fingerprint density at radius 2 is 2.00 bits per heavy atom. The molecule has 0 aliphatic rings. The van der Waals surface area contributed by atoms with Gasteiger partial charge in [0.2, 0.25) is 0 Å². The topological polar surface area (TPSA) is 72.6 Å². The number of hydrogen-bond acceptors (Lipinski definition) is 2. The van der Waals surface area contributed by atoms with Crippen molar-refractivity contribution in [2.75, 3.05) is 0 Å². The molecule has 23 heavy (non-hydrogen) atoms. The van der Waals surface area contributed by atoms with Crippen molar-refractivity contribution in [2.45, 2.75) is 6.42 Å². The van der Waals surface area contributed by atoms with Gasteiger partial charge in [-0.2, -0.15) is 5.26 Å². The van der Waals surface area contributed by atoms with Crippen LogP contribution in [0.5, 0.6) is 0 Å². The van der Waals surface area contributed by atoms with Crippen LogP contribution >= 0.6 is 0 Å². The molecule has 0 unspecified atom stereocenters. The molecule has 0 saturated heterocycles. The van der Waals surface area contributed by atoms with E-state index in [4.69, 9.17) is 11.8 Å². The van der Waals surface area contributed by atoms with Crippen LogP contribution in [0.3, 0.4) is 0 Å². The van der Waals surface area contributed by atoms with Gasteiger partial charge in [-0.1, -0.05) is 6.07 Å². The molecule has 4 rings (SSSR count). The summed E-state index contributed by atoms with van der Waals surface area (Å²) in [4.78, 5) is 14.6. The third-order valence-corrected chi connectivity index (χ3v) is 3.81. The normalized spacial score (nSPS) is 10.7. The van der Waals surface area contributed by atoms with Crippen molar-refractivity contribution in [3.8, 4) is 6.07 Å². The molecule has 5 nitrogen and oxygen atoms in total. The van der Waals surface area contributed by atoms with Gasteiger partial charge >= 0.3 is 0 Å². The van der Waals surface area contributed by atoms with Crippen LogP contribution in [-0.4, -0.2) is 15.0 Å². The van der Waals surface area contributed by atoms with Crippen LogP contribution in [0.25, 0.3) is 26.8 Å². The second-order valence-corrected chi connectivity index (χ2v) is 5.38. The minimum Gasteiger partial charge on any atom is -0.358 e. The predicted molar refractivity (Wildman–Crippen MR) is 88.2 cm³/mol. The summed E-state index contributed by atoms with van der Waals surface area (Å²) < 4.78 is 0. The average molecular weight is 297 g/mol. The number of nitriles is 1. The largest absolute Gasteiger partial charge is 0.358 e. The number of hydrogen-bond donors (Lipinski definition) is 2. The maximum Gasteiger partial charge on any atom is 0.189 e. The summed E-state index contributed by atoms with van der Waals surface area (Å²) in [5.41, 5.74) is 5.01. The smallest absolute Gasteiger partial charge is 0.189 e. The molecule has 2 aromatic heterocycles. The SMILES string of the molecule is [C-]#[N+]c1ccc2nc(Cc3cc4cc(C#N)ccc4[nH]3)[nH]c2c1. The standard InChI is InChI=1S/C18H11N5/c1-20-13-3-5-16-17(8-13)23-18(22-16)9-14-7-12-6-11(10-19)2-4-15(12)21-14/h2-8,21H,9H2,(H,22,23). The first-order valence-electron chi connectivity index (χ1n) is 7.13. The summed E-state index contributed by atoms with van der Waals surface area (Å²) in [6.45, 7) is 7.06. The van der Waals surface area contributed by atoms with Gasteiger partial charge in [0.1, 0.15) is 5.82 Å². The van der Waals surface area contributed by atoms with E-state index in [0.717, 1.165) is 33.5 Å². The summed E-state index contributed by atoms with van der Waals surface area (Å²) in [7, 11) is 0. The van der Waals surface area contributed by atoms with Crippen LogP contribution in [0.15, 0.2) is 42.5 Å². The second kappa shape index (κ2) is 5.01. The van der Waals surface area contributed by atoms with E-state index in [-0.39, 0.29) is 0 Å². The number of nitrogens with zero attached hydrogens (tertiary/aromatic N) is 3. The van der Waals surface area contributed by atoms with E-state index >= 15 is 0 Å². The van der Waals surface area contributed by atoms with E-state index in [1.165, 1.54) is 0 Å². The van der Waals surface area contributed by atoms with Gasteiger partial charge in [0, 0.05) is 23.0 Å². The average Bonchev–Trinajstić information content (AvgIpc) is 3.15. The fourth-order valence-corrected chi connectivity index (χ4v) is 2.74. The Morgan fingerprint density at radius 3 is 2.83 bits per heavy atom. The van der Waals surface area contributed by atoms with Crippen LogP contribution in [0.4, 0.5) is 5.69 Å². The summed E-state index contributed by atoms with van der Waals surface area (Å²) in [5, 5.41) is 9.99. The number of aromatic nitrogens is 3. The van der Waals surface area contributed by atoms with Crippen LogP contribution in [0.1, 0.15) is 17.1 Å². The zero-order chi connectivity index (χ0) is 15.8. The third-order valence-electron chi connectivity index (χ3n) is 3.81. The van der Waals surface area contributed by atoms with Gasteiger partial charge in [0.25, 0.3) is 0 Å². The number of fused-ring (bicyclic) bond motifs is 2.